The van der Waals surface area contributed by atoms with E-state index in [9.17, 15) is 0 Å². The number of likely N-dealkylation sites (N-methyl/N-ethyl adjacent to an activating group) is 1. The molecular formula is C17H29ClN2O. The number of benzene rings is 1. The van der Waals surface area contributed by atoms with Crippen molar-refractivity contribution in [3.8, 4) is 0 Å². The zero-order chi connectivity index (χ0) is 15.9. The molecule has 0 heterocycles. The van der Waals surface area contributed by atoms with Crippen LogP contribution in [0.2, 0.25) is 5.02 Å². The third-order valence-corrected chi connectivity index (χ3v) is 3.65. The highest BCUT2D eigenvalue weighted by Gasteiger charge is 2.11. The van der Waals surface area contributed by atoms with Gasteiger partial charge in [-0.05, 0) is 52.3 Å². The minimum absolute atomic E-state index is 0.0922. The number of nitrogens with zero attached hydrogens (tertiary/aromatic N) is 1. The summed E-state index contributed by atoms with van der Waals surface area (Å²) in [6, 6.07) is 6.30. The quantitative estimate of drug-likeness (QED) is 0.732. The van der Waals surface area contributed by atoms with Gasteiger partial charge >= 0.3 is 0 Å². The molecule has 0 saturated heterocycles. The predicted octanol–water partition coefficient (Wildman–Crippen LogP) is 4.09. The first-order valence-corrected chi connectivity index (χ1v) is 8.11. The molecule has 1 aromatic carbocycles. The van der Waals surface area contributed by atoms with E-state index >= 15 is 0 Å². The summed E-state index contributed by atoms with van der Waals surface area (Å²) in [6.45, 7) is 14.8. The Balaban J connectivity index is 2.71. The summed E-state index contributed by atoms with van der Waals surface area (Å²) in [5, 5.41) is 4.28. The van der Waals surface area contributed by atoms with E-state index < -0.39 is 0 Å². The maximum atomic E-state index is 6.42. The average Bonchev–Trinajstić information content (AvgIpc) is 2.41. The van der Waals surface area contributed by atoms with Gasteiger partial charge in [-0.1, -0.05) is 17.7 Å². The molecule has 0 saturated carbocycles. The molecule has 120 valence electrons. The molecule has 0 unspecified atom stereocenters. The number of rotatable bonds is 8. The third kappa shape index (κ3) is 6.68. The van der Waals surface area contributed by atoms with Gasteiger partial charge in [0.05, 0.1) is 6.61 Å². The molecule has 3 nitrogen and oxygen atoms in total. The van der Waals surface area contributed by atoms with Crippen LogP contribution in [0.25, 0.3) is 0 Å². The second kappa shape index (κ2) is 8.62. The van der Waals surface area contributed by atoms with Crippen molar-refractivity contribution in [2.75, 3.05) is 31.2 Å². The number of hydrogen-bond acceptors (Lipinski definition) is 3. The molecule has 21 heavy (non-hydrogen) atoms. The maximum absolute atomic E-state index is 6.42. The van der Waals surface area contributed by atoms with Gasteiger partial charge in [0.1, 0.15) is 0 Å². The van der Waals surface area contributed by atoms with Crippen molar-refractivity contribution in [3.63, 3.8) is 0 Å². The number of hydrogen-bond donors (Lipinski definition) is 1. The van der Waals surface area contributed by atoms with E-state index in [1.165, 1.54) is 0 Å². The first-order chi connectivity index (χ1) is 9.87. The van der Waals surface area contributed by atoms with Crippen LogP contribution in [-0.4, -0.2) is 31.8 Å². The largest absolute Gasteiger partial charge is 0.380 e. The van der Waals surface area contributed by atoms with Gasteiger partial charge in [-0.15, -0.1) is 0 Å². The van der Waals surface area contributed by atoms with E-state index in [1.54, 1.807) is 0 Å². The van der Waals surface area contributed by atoms with Crippen LogP contribution in [0.5, 0.6) is 0 Å². The first-order valence-electron chi connectivity index (χ1n) is 7.73. The zero-order valence-corrected chi connectivity index (χ0v) is 14.8. The highest BCUT2D eigenvalue weighted by molar-refractivity contribution is 6.31. The Kier molecular flexibility index (Phi) is 7.50. The van der Waals surface area contributed by atoms with E-state index in [0.29, 0.717) is 0 Å². The Labute approximate surface area is 134 Å². The molecule has 4 heteroatoms. The Bertz CT molecular complexity index is 429. The van der Waals surface area contributed by atoms with Crippen LogP contribution in [0.1, 0.15) is 40.2 Å². The molecule has 0 aliphatic carbocycles. The molecule has 0 aliphatic heterocycles. The molecule has 0 bridgehead atoms. The fourth-order valence-electron chi connectivity index (χ4n) is 2.03. The van der Waals surface area contributed by atoms with E-state index in [4.69, 9.17) is 16.3 Å². The lowest BCUT2D eigenvalue weighted by molar-refractivity contribution is 0.154. The number of halogens is 1. The number of ether oxygens (including phenoxy) is 1. The molecule has 0 radical (unpaired) electrons. The monoisotopic (exact) mass is 312 g/mol. The van der Waals surface area contributed by atoms with Gasteiger partial charge in [-0.25, -0.2) is 0 Å². The second-order valence-electron chi connectivity index (χ2n) is 6.16. The van der Waals surface area contributed by atoms with E-state index in [-0.39, 0.29) is 5.54 Å². The van der Waals surface area contributed by atoms with E-state index in [0.717, 1.165) is 49.1 Å². The topological polar surface area (TPSA) is 24.5 Å². The van der Waals surface area contributed by atoms with Crippen LogP contribution < -0.4 is 10.2 Å². The molecule has 1 rings (SSSR count). The van der Waals surface area contributed by atoms with Crippen LogP contribution in [0, 0.1) is 0 Å². The van der Waals surface area contributed by atoms with Crippen LogP contribution in [0.15, 0.2) is 18.2 Å². The normalized spacial score (nSPS) is 11.7. The number of anilines is 1. The summed E-state index contributed by atoms with van der Waals surface area (Å²) in [7, 11) is 0. The Morgan fingerprint density at radius 2 is 1.95 bits per heavy atom. The van der Waals surface area contributed by atoms with E-state index in [2.05, 4.69) is 56.1 Å². The standard InChI is InChI=1S/C17H29ClN2O/c1-6-20(10-11-21-7-2)15-9-8-14(16(18)12-15)13-19-17(3,4)5/h8-9,12,19H,6-7,10-11,13H2,1-5H3. The smallest absolute Gasteiger partial charge is 0.0641 e. The average molecular weight is 313 g/mol. The fourth-order valence-corrected chi connectivity index (χ4v) is 2.27. The minimum atomic E-state index is 0.0922. The maximum Gasteiger partial charge on any atom is 0.0641 e. The van der Waals surface area contributed by atoms with Crippen LogP contribution >= 0.6 is 11.6 Å². The van der Waals surface area contributed by atoms with Crippen molar-refractivity contribution in [2.45, 2.75) is 46.7 Å². The molecule has 1 aromatic rings. The summed E-state index contributed by atoms with van der Waals surface area (Å²) in [6.07, 6.45) is 0. The fraction of sp³-hybridized carbons (Fsp3) is 0.647. The van der Waals surface area contributed by atoms with Crippen molar-refractivity contribution < 1.29 is 4.74 Å². The SMILES string of the molecule is CCOCCN(CC)c1ccc(CNC(C)(C)C)c(Cl)c1. The first kappa shape index (κ1) is 18.3. The van der Waals surface area contributed by atoms with Gasteiger partial charge in [0.15, 0.2) is 0 Å². The lowest BCUT2D eigenvalue weighted by atomic mass is 10.1. The van der Waals surface area contributed by atoms with Crippen molar-refractivity contribution in [1.82, 2.24) is 5.32 Å². The van der Waals surface area contributed by atoms with Gasteiger partial charge in [-0.2, -0.15) is 0 Å². The van der Waals surface area contributed by atoms with Crippen molar-refractivity contribution >= 4 is 17.3 Å². The summed E-state index contributed by atoms with van der Waals surface area (Å²) in [4.78, 5) is 2.28. The molecule has 0 spiro atoms. The second-order valence-corrected chi connectivity index (χ2v) is 6.56. The highest BCUT2D eigenvalue weighted by atomic mass is 35.5. The highest BCUT2D eigenvalue weighted by Crippen LogP contribution is 2.24. The molecular weight excluding hydrogens is 284 g/mol. The van der Waals surface area contributed by atoms with E-state index in [1.807, 2.05) is 6.92 Å². The van der Waals surface area contributed by atoms with Gasteiger partial charge in [-0.3, -0.25) is 0 Å². The molecule has 0 aliphatic rings. The van der Waals surface area contributed by atoms with Crippen LogP contribution in [0.3, 0.4) is 0 Å². The molecule has 0 atom stereocenters. The summed E-state index contributed by atoms with van der Waals surface area (Å²) < 4.78 is 5.43. The lowest BCUT2D eigenvalue weighted by Crippen LogP contribution is -2.35. The molecule has 0 fully saturated rings. The zero-order valence-electron chi connectivity index (χ0n) is 14.0. The number of nitrogens with one attached hydrogen (secondary N) is 1. The van der Waals surface area contributed by atoms with Gasteiger partial charge in [0.2, 0.25) is 0 Å². The molecule has 1 N–H and O–H groups in total. The van der Waals surface area contributed by atoms with Crippen molar-refractivity contribution in [3.05, 3.63) is 28.8 Å². The Morgan fingerprint density at radius 3 is 2.48 bits per heavy atom. The summed E-state index contributed by atoms with van der Waals surface area (Å²) in [5.74, 6) is 0. The Morgan fingerprint density at radius 1 is 1.24 bits per heavy atom. The van der Waals surface area contributed by atoms with Gasteiger partial charge in [0.25, 0.3) is 0 Å². The Hall–Kier alpha value is -0.770. The summed E-state index contributed by atoms with van der Waals surface area (Å²) in [5.41, 5.74) is 2.38. The van der Waals surface area contributed by atoms with Gasteiger partial charge in [0, 0.05) is 42.5 Å². The van der Waals surface area contributed by atoms with Crippen molar-refractivity contribution in [2.24, 2.45) is 0 Å². The predicted molar refractivity (Wildman–Crippen MR) is 92.4 cm³/mol. The molecule has 0 amide bonds. The molecule has 0 aromatic heterocycles. The van der Waals surface area contributed by atoms with Crippen LogP contribution in [-0.2, 0) is 11.3 Å². The van der Waals surface area contributed by atoms with Crippen LogP contribution in [0.4, 0.5) is 5.69 Å². The summed E-state index contributed by atoms with van der Waals surface area (Å²) >= 11 is 6.42. The third-order valence-electron chi connectivity index (χ3n) is 3.30. The van der Waals surface area contributed by atoms with Gasteiger partial charge < -0.3 is 15.0 Å². The lowest BCUT2D eigenvalue weighted by Gasteiger charge is -2.24. The van der Waals surface area contributed by atoms with Crippen molar-refractivity contribution in [1.29, 1.82) is 0 Å². The minimum Gasteiger partial charge on any atom is -0.380 e.